The van der Waals surface area contributed by atoms with Crippen LogP contribution in [0.4, 0.5) is 5.69 Å². The van der Waals surface area contributed by atoms with Gasteiger partial charge in [-0.25, -0.2) is 0 Å². The summed E-state index contributed by atoms with van der Waals surface area (Å²) in [6, 6.07) is 3.70. The molecule has 19 heavy (non-hydrogen) atoms. The molecule has 0 bridgehead atoms. The van der Waals surface area contributed by atoms with E-state index in [1.54, 1.807) is 11.1 Å². The Hall–Kier alpha value is -1.58. The summed E-state index contributed by atoms with van der Waals surface area (Å²) < 4.78 is 0. The van der Waals surface area contributed by atoms with E-state index >= 15 is 0 Å². The Morgan fingerprint density at radius 2 is 2.11 bits per heavy atom. The van der Waals surface area contributed by atoms with Crippen LogP contribution in [0.1, 0.15) is 51.0 Å². The highest BCUT2D eigenvalue weighted by atomic mass is 16.2. The number of unbranched alkanes of at least 4 members (excludes halogenated alkanes) is 1. The molecule has 0 atom stereocenters. The molecule has 0 aromatic carbocycles. The predicted octanol–water partition coefficient (Wildman–Crippen LogP) is 3.16. The lowest BCUT2D eigenvalue weighted by molar-refractivity contribution is 0.0787. The molecule has 4 nitrogen and oxygen atoms in total. The van der Waals surface area contributed by atoms with E-state index in [9.17, 15) is 4.79 Å². The zero-order valence-corrected chi connectivity index (χ0v) is 12.7. The molecule has 0 aliphatic rings. The van der Waals surface area contributed by atoms with Crippen molar-refractivity contribution < 1.29 is 4.79 Å². The third kappa shape index (κ3) is 5.28. The minimum atomic E-state index is -0.0320. The zero-order valence-electron chi connectivity index (χ0n) is 12.7. The molecule has 0 saturated heterocycles. The number of hydrogen-bond donors (Lipinski definition) is 1. The van der Waals surface area contributed by atoms with Crippen molar-refractivity contribution in [2.75, 3.05) is 18.9 Å². The largest absolute Gasteiger partial charge is 0.380 e. The van der Waals surface area contributed by atoms with Gasteiger partial charge in [0.15, 0.2) is 0 Å². The van der Waals surface area contributed by atoms with Gasteiger partial charge in [0.2, 0.25) is 0 Å². The van der Waals surface area contributed by atoms with E-state index in [-0.39, 0.29) is 11.4 Å². The van der Waals surface area contributed by atoms with Crippen LogP contribution in [0.3, 0.4) is 0 Å². The third-order valence-corrected chi connectivity index (χ3v) is 2.69. The number of aromatic nitrogens is 1. The Bertz CT molecular complexity index is 424. The van der Waals surface area contributed by atoms with Gasteiger partial charge in [-0.2, -0.15) is 0 Å². The Labute approximate surface area is 116 Å². The third-order valence-electron chi connectivity index (χ3n) is 2.69. The van der Waals surface area contributed by atoms with Crippen molar-refractivity contribution in [2.24, 2.45) is 0 Å². The lowest BCUT2D eigenvalue weighted by atomic mass is 10.1. The summed E-state index contributed by atoms with van der Waals surface area (Å²) in [6.07, 6.45) is 3.77. The molecule has 1 amide bonds. The van der Waals surface area contributed by atoms with Crippen molar-refractivity contribution in [3.05, 3.63) is 24.0 Å². The molecule has 1 heterocycles. The van der Waals surface area contributed by atoms with Gasteiger partial charge in [0.25, 0.3) is 5.91 Å². The van der Waals surface area contributed by atoms with E-state index in [4.69, 9.17) is 0 Å². The van der Waals surface area contributed by atoms with Gasteiger partial charge in [-0.1, -0.05) is 13.3 Å². The molecule has 1 rings (SSSR count). The number of rotatable bonds is 5. The van der Waals surface area contributed by atoms with Gasteiger partial charge in [-0.3, -0.25) is 9.78 Å². The van der Waals surface area contributed by atoms with E-state index in [0.717, 1.165) is 25.1 Å². The first kappa shape index (κ1) is 15.5. The molecule has 0 aliphatic heterocycles. The fourth-order valence-corrected chi connectivity index (χ4v) is 1.75. The van der Waals surface area contributed by atoms with Crippen molar-refractivity contribution >= 4 is 11.6 Å². The van der Waals surface area contributed by atoms with Crippen LogP contribution in [0.25, 0.3) is 0 Å². The van der Waals surface area contributed by atoms with Crippen molar-refractivity contribution in [1.82, 2.24) is 9.88 Å². The monoisotopic (exact) mass is 263 g/mol. The van der Waals surface area contributed by atoms with Gasteiger partial charge in [0, 0.05) is 31.0 Å². The molecule has 0 unspecified atom stereocenters. The minimum absolute atomic E-state index is 0.0222. The van der Waals surface area contributed by atoms with E-state index in [1.165, 1.54) is 0 Å². The summed E-state index contributed by atoms with van der Waals surface area (Å²) in [5, 5.41) is 3.35. The van der Waals surface area contributed by atoms with Crippen molar-refractivity contribution in [1.29, 1.82) is 0 Å². The number of nitrogens with zero attached hydrogens (tertiary/aromatic N) is 2. The lowest BCUT2D eigenvalue weighted by Gasteiger charge is -2.22. The van der Waals surface area contributed by atoms with Crippen molar-refractivity contribution in [3.63, 3.8) is 0 Å². The quantitative estimate of drug-likeness (QED) is 0.887. The smallest absolute Gasteiger partial charge is 0.272 e. The number of carbonyl (C=O) groups excluding carboxylic acids is 1. The molecule has 0 spiro atoms. The Balaban J connectivity index is 2.78. The molecule has 1 aromatic rings. The molecule has 1 N–H and O–H groups in total. The number of carbonyl (C=O) groups is 1. The van der Waals surface area contributed by atoms with Crippen LogP contribution in [-0.2, 0) is 0 Å². The van der Waals surface area contributed by atoms with Gasteiger partial charge in [-0.15, -0.1) is 0 Å². The maximum atomic E-state index is 12.2. The van der Waals surface area contributed by atoms with Crippen molar-refractivity contribution in [2.45, 2.75) is 46.1 Å². The lowest BCUT2D eigenvalue weighted by Crippen LogP contribution is -2.29. The summed E-state index contributed by atoms with van der Waals surface area (Å²) >= 11 is 0. The molecule has 0 aliphatic carbocycles. The first-order valence-electron chi connectivity index (χ1n) is 6.83. The standard InChI is InChI=1S/C15H25N3O/c1-6-7-10-18(5)14(19)13-11-12(8-9-16-13)17-15(2,3)4/h8-9,11H,6-7,10H2,1-5H3,(H,16,17). The summed E-state index contributed by atoms with van der Waals surface area (Å²) in [7, 11) is 1.82. The average Bonchev–Trinajstić information content (AvgIpc) is 2.33. The highest BCUT2D eigenvalue weighted by molar-refractivity contribution is 5.92. The Morgan fingerprint density at radius 1 is 1.42 bits per heavy atom. The van der Waals surface area contributed by atoms with Gasteiger partial charge >= 0.3 is 0 Å². The van der Waals surface area contributed by atoms with Crippen LogP contribution < -0.4 is 5.32 Å². The van der Waals surface area contributed by atoms with Crippen LogP contribution in [0.5, 0.6) is 0 Å². The number of hydrogen-bond acceptors (Lipinski definition) is 3. The highest BCUT2D eigenvalue weighted by Gasteiger charge is 2.15. The van der Waals surface area contributed by atoms with Gasteiger partial charge in [-0.05, 0) is 39.3 Å². The maximum absolute atomic E-state index is 12.2. The fraction of sp³-hybridized carbons (Fsp3) is 0.600. The first-order chi connectivity index (χ1) is 8.83. The summed E-state index contributed by atoms with van der Waals surface area (Å²) in [6.45, 7) is 9.14. The van der Waals surface area contributed by atoms with Gasteiger partial charge in [0.1, 0.15) is 5.69 Å². The molecule has 4 heteroatoms. The predicted molar refractivity (Wildman–Crippen MR) is 79.5 cm³/mol. The second-order valence-electron chi connectivity index (χ2n) is 5.89. The maximum Gasteiger partial charge on any atom is 0.272 e. The fourth-order valence-electron chi connectivity index (χ4n) is 1.75. The number of anilines is 1. The van der Waals surface area contributed by atoms with E-state index in [2.05, 4.69) is 38.0 Å². The second kappa shape index (κ2) is 6.55. The minimum Gasteiger partial charge on any atom is -0.380 e. The van der Waals surface area contributed by atoms with Crippen LogP contribution in [0.15, 0.2) is 18.3 Å². The molecule has 0 saturated carbocycles. The summed E-state index contributed by atoms with van der Waals surface area (Å²) in [4.78, 5) is 18.1. The molecular weight excluding hydrogens is 238 g/mol. The first-order valence-corrected chi connectivity index (χ1v) is 6.83. The van der Waals surface area contributed by atoms with E-state index in [0.29, 0.717) is 5.69 Å². The van der Waals surface area contributed by atoms with Crippen LogP contribution >= 0.6 is 0 Å². The summed E-state index contributed by atoms with van der Waals surface area (Å²) in [5.74, 6) is -0.0222. The second-order valence-corrected chi connectivity index (χ2v) is 5.89. The van der Waals surface area contributed by atoms with Gasteiger partial charge < -0.3 is 10.2 Å². The average molecular weight is 263 g/mol. The number of amides is 1. The molecule has 0 radical (unpaired) electrons. The van der Waals surface area contributed by atoms with E-state index in [1.807, 2.05) is 19.2 Å². The highest BCUT2D eigenvalue weighted by Crippen LogP contribution is 2.15. The van der Waals surface area contributed by atoms with Crippen LogP contribution in [0.2, 0.25) is 0 Å². The number of pyridine rings is 1. The molecule has 106 valence electrons. The molecular formula is C15H25N3O. The molecule has 1 aromatic heterocycles. The van der Waals surface area contributed by atoms with E-state index < -0.39 is 0 Å². The topological polar surface area (TPSA) is 45.2 Å². The van der Waals surface area contributed by atoms with Gasteiger partial charge in [0.05, 0.1) is 0 Å². The van der Waals surface area contributed by atoms with Crippen LogP contribution in [0, 0.1) is 0 Å². The Kier molecular flexibility index (Phi) is 5.33. The summed E-state index contributed by atoms with van der Waals surface area (Å²) in [5.41, 5.74) is 1.39. The van der Waals surface area contributed by atoms with Crippen LogP contribution in [-0.4, -0.2) is 34.9 Å². The Morgan fingerprint density at radius 3 is 2.68 bits per heavy atom. The normalized spacial score (nSPS) is 11.2. The SMILES string of the molecule is CCCCN(C)C(=O)c1cc(NC(C)(C)C)ccn1. The number of nitrogens with one attached hydrogen (secondary N) is 1. The zero-order chi connectivity index (χ0) is 14.5. The van der Waals surface area contributed by atoms with Crippen molar-refractivity contribution in [3.8, 4) is 0 Å². The molecule has 0 fully saturated rings.